The van der Waals surface area contributed by atoms with Gasteiger partial charge in [0.25, 0.3) is 28.4 Å². The minimum absolute atomic E-state index is 0.00322. The first kappa shape index (κ1) is 29.0. The number of anilines is 2. The number of fused-ring (bicyclic) bond motifs is 3. The normalized spacial score (nSPS) is 15.5. The number of rotatable bonds is 7. The lowest BCUT2D eigenvalue weighted by atomic mass is 9.96. The monoisotopic (exact) mass is 639 g/mol. The molecule has 0 saturated heterocycles. The molecule has 1 aliphatic heterocycles. The topological polar surface area (TPSA) is 202 Å². The predicted octanol–water partition coefficient (Wildman–Crippen LogP) is 1.84. The SMILES string of the molecule is Nc1c(N2CCc3ccc(CNC(=O)c4cc(C(=O)N[C@H]5CCc6cc(C(=O)O)ccc65)n5c(=S)onc5n4)cc3C2)c(=O)c1=O. The molecule has 1 atom stereocenters. The molecule has 15 heteroatoms. The van der Waals surface area contributed by atoms with E-state index in [0.29, 0.717) is 32.4 Å². The summed E-state index contributed by atoms with van der Waals surface area (Å²) < 4.78 is 6.32. The smallest absolute Gasteiger partial charge is 0.335 e. The molecule has 5 N–H and O–H groups in total. The van der Waals surface area contributed by atoms with Gasteiger partial charge in [-0.15, -0.1) is 0 Å². The lowest BCUT2D eigenvalue weighted by Crippen LogP contribution is -2.44. The van der Waals surface area contributed by atoms with Crippen molar-refractivity contribution in [2.24, 2.45) is 0 Å². The Morgan fingerprint density at radius 2 is 1.85 bits per heavy atom. The van der Waals surface area contributed by atoms with Gasteiger partial charge in [-0.05, 0) is 82.7 Å². The third-order valence-corrected chi connectivity index (χ3v) is 8.79. The van der Waals surface area contributed by atoms with E-state index in [1.54, 1.807) is 17.0 Å². The van der Waals surface area contributed by atoms with E-state index in [1.807, 2.05) is 18.2 Å². The summed E-state index contributed by atoms with van der Waals surface area (Å²) in [5.41, 5.74) is 9.39. The maximum absolute atomic E-state index is 13.5. The Labute approximate surface area is 264 Å². The van der Waals surface area contributed by atoms with Gasteiger partial charge >= 0.3 is 10.8 Å². The van der Waals surface area contributed by atoms with Crippen molar-refractivity contribution in [2.75, 3.05) is 17.2 Å². The van der Waals surface area contributed by atoms with Gasteiger partial charge < -0.3 is 30.9 Å². The quantitative estimate of drug-likeness (QED) is 0.149. The largest absolute Gasteiger partial charge is 0.478 e. The van der Waals surface area contributed by atoms with Crippen LogP contribution >= 0.6 is 12.2 Å². The summed E-state index contributed by atoms with van der Waals surface area (Å²) >= 11 is 5.21. The number of aromatic carboxylic acids is 1. The fraction of sp³-hybridized carbons (Fsp3) is 0.226. The van der Waals surface area contributed by atoms with Crippen LogP contribution in [-0.2, 0) is 25.9 Å². The Kier molecular flexibility index (Phi) is 6.96. The summed E-state index contributed by atoms with van der Waals surface area (Å²) in [6.07, 6.45) is 1.84. The average molecular weight is 640 g/mol. The summed E-state index contributed by atoms with van der Waals surface area (Å²) in [7, 11) is 0. The summed E-state index contributed by atoms with van der Waals surface area (Å²) in [6, 6.07) is 11.5. The van der Waals surface area contributed by atoms with E-state index < -0.39 is 28.6 Å². The van der Waals surface area contributed by atoms with Crippen molar-refractivity contribution in [1.82, 2.24) is 25.2 Å². The molecule has 0 bridgehead atoms. The molecule has 3 heterocycles. The Morgan fingerprint density at radius 1 is 1.02 bits per heavy atom. The van der Waals surface area contributed by atoms with Gasteiger partial charge in [-0.2, -0.15) is 0 Å². The van der Waals surface area contributed by atoms with Gasteiger partial charge in [0.2, 0.25) is 0 Å². The number of nitrogens with one attached hydrogen (secondary N) is 2. The average Bonchev–Trinajstić information content (AvgIpc) is 3.65. The third-order valence-electron chi connectivity index (χ3n) is 8.53. The fourth-order valence-electron chi connectivity index (χ4n) is 6.17. The Hall–Kier alpha value is -5.70. The molecule has 0 spiro atoms. The van der Waals surface area contributed by atoms with Crippen molar-refractivity contribution in [3.63, 3.8) is 0 Å². The zero-order valence-corrected chi connectivity index (χ0v) is 24.8. The molecular weight excluding hydrogens is 614 g/mol. The summed E-state index contributed by atoms with van der Waals surface area (Å²) in [5, 5.41) is 18.9. The summed E-state index contributed by atoms with van der Waals surface area (Å²) in [4.78, 5) is 67.7. The second-order valence-corrected chi connectivity index (χ2v) is 11.6. The van der Waals surface area contributed by atoms with Crippen LogP contribution in [0.2, 0.25) is 0 Å². The number of nitrogen functional groups attached to an aromatic ring is 1. The first-order valence-corrected chi connectivity index (χ1v) is 14.8. The molecule has 7 rings (SSSR count). The summed E-state index contributed by atoms with van der Waals surface area (Å²) in [6.45, 7) is 1.11. The van der Waals surface area contributed by atoms with Crippen LogP contribution in [0.3, 0.4) is 0 Å². The van der Waals surface area contributed by atoms with Gasteiger partial charge in [-0.3, -0.25) is 19.2 Å². The first-order valence-electron chi connectivity index (χ1n) is 14.4. The van der Waals surface area contributed by atoms with E-state index in [9.17, 15) is 29.1 Å². The Morgan fingerprint density at radius 3 is 2.63 bits per heavy atom. The van der Waals surface area contributed by atoms with Gasteiger partial charge in [0, 0.05) is 19.6 Å². The number of hydrogen-bond acceptors (Lipinski definition) is 11. The number of nitrogens with two attached hydrogens (primary N) is 1. The number of carboxylic acid groups (broad SMARTS) is 1. The lowest BCUT2D eigenvalue weighted by molar-refractivity contribution is 0.0696. The minimum atomic E-state index is -1.02. The van der Waals surface area contributed by atoms with Crippen LogP contribution in [0, 0.1) is 4.84 Å². The molecule has 2 aromatic heterocycles. The number of carbonyl (C=O) groups excluding carboxylic acids is 2. The van der Waals surface area contributed by atoms with Crippen LogP contribution < -0.4 is 32.1 Å². The van der Waals surface area contributed by atoms with E-state index >= 15 is 0 Å². The van der Waals surface area contributed by atoms with Crippen LogP contribution in [0.5, 0.6) is 0 Å². The second-order valence-electron chi connectivity index (χ2n) is 11.3. The molecule has 0 radical (unpaired) electrons. The number of benzene rings is 2. The van der Waals surface area contributed by atoms with E-state index in [-0.39, 0.29) is 51.5 Å². The molecule has 0 unspecified atom stereocenters. The van der Waals surface area contributed by atoms with Gasteiger partial charge in [-0.1, -0.05) is 24.3 Å². The number of nitrogens with zero attached hydrogens (tertiary/aromatic N) is 4. The van der Waals surface area contributed by atoms with Crippen LogP contribution in [0.4, 0.5) is 11.4 Å². The number of aryl methyl sites for hydroxylation is 1. The van der Waals surface area contributed by atoms with Crippen LogP contribution in [0.1, 0.15) is 71.6 Å². The molecule has 5 aromatic rings. The number of carboxylic acids is 1. The maximum Gasteiger partial charge on any atom is 0.335 e. The van der Waals surface area contributed by atoms with Crippen LogP contribution in [0.25, 0.3) is 5.78 Å². The number of carbonyl (C=O) groups is 3. The Balaban J connectivity index is 1.08. The fourth-order valence-corrected chi connectivity index (χ4v) is 6.38. The number of aromatic nitrogens is 3. The van der Waals surface area contributed by atoms with Crippen molar-refractivity contribution >= 4 is 47.2 Å². The Bertz CT molecular complexity index is 2250. The summed E-state index contributed by atoms with van der Waals surface area (Å²) in [5.74, 6) is -2.19. The van der Waals surface area contributed by atoms with E-state index in [0.717, 1.165) is 27.8 Å². The minimum Gasteiger partial charge on any atom is -0.478 e. The molecule has 2 aliphatic rings. The van der Waals surface area contributed by atoms with E-state index in [2.05, 4.69) is 20.8 Å². The molecule has 0 fully saturated rings. The molecule has 2 amide bonds. The van der Waals surface area contributed by atoms with E-state index in [1.165, 1.54) is 16.5 Å². The van der Waals surface area contributed by atoms with Crippen molar-refractivity contribution in [2.45, 2.75) is 38.4 Å². The first-order chi connectivity index (χ1) is 22.1. The van der Waals surface area contributed by atoms with Crippen molar-refractivity contribution in [1.29, 1.82) is 0 Å². The van der Waals surface area contributed by atoms with Crippen LogP contribution in [-0.4, -0.2) is 44.0 Å². The molecule has 0 saturated carbocycles. The van der Waals surface area contributed by atoms with Gasteiger partial charge in [-0.25, -0.2) is 14.2 Å². The van der Waals surface area contributed by atoms with Gasteiger partial charge in [0.05, 0.1) is 11.6 Å². The van der Waals surface area contributed by atoms with Gasteiger partial charge in [0.1, 0.15) is 22.8 Å². The highest BCUT2D eigenvalue weighted by atomic mass is 32.1. The highest BCUT2D eigenvalue weighted by Gasteiger charge is 2.29. The van der Waals surface area contributed by atoms with Crippen molar-refractivity contribution in [3.8, 4) is 0 Å². The maximum atomic E-state index is 13.5. The van der Waals surface area contributed by atoms with Crippen molar-refractivity contribution in [3.05, 3.63) is 113 Å². The molecular formula is C31H25N7O7S. The number of hydrogen-bond donors (Lipinski definition) is 4. The molecule has 3 aromatic carbocycles. The van der Waals surface area contributed by atoms with Crippen molar-refractivity contribution < 1.29 is 24.0 Å². The molecule has 14 nitrogen and oxygen atoms in total. The second kappa shape index (κ2) is 11.0. The lowest BCUT2D eigenvalue weighted by Gasteiger charge is -2.32. The molecule has 46 heavy (non-hydrogen) atoms. The highest BCUT2D eigenvalue weighted by Crippen LogP contribution is 2.32. The molecule has 1 aliphatic carbocycles. The predicted molar refractivity (Wildman–Crippen MR) is 166 cm³/mol. The third kappa shape index (κ3) is 4.90. The zero-order valence-electron chi connectivity index (χ0n) is 24.0. The standard InChI is InChI=1S/C31H25N7O7S/c32-23-24(26(40)25(23)39)37-8-7-15-2-1-14(9-18(15)13-37)12-33-27(41)21-11-22(38-30(35-21)36-45-31(38)46)28(42)34-20-6-4-16-10-17(29(43)44)3-5-19(16)20/h1-3,5,9-11,20H,4,6-8,12-13,32H2,(H,33,41)(H,34,42)(H,43,44)/t20-/m0/s1. The number of amides is 2. The van der Waals surface area contributed by atoms with Gasteiger partial charge in [0.15, 0.2) is 0 Å². The molecule has 232 valence electrons. The highest BCUT2D eigenvalue weighted by molar-refractivity contribution is 7.71. The van der Waals surface area contributed by atoms with E-state index in [4.69, 9.17) is 22.5 Å². The zero-order chi connectivity index (χ0) is 32.3. The van der Waals surface area contributed by atoms with Crippen LogP contribution in [0.15, 0.2) is 56.6 Å².